The van der Waals surface area contributed by atoms with Crippen LogP contribution in [0.2, 0.25) is 0 Å². The van der Waals surface area contributed by atoms with E-state index in [4.69, 9.17) is 16.6 Å². The van der Waals surface area contributed by atoms with Crippen LogP contribution in [-0.4, -0.2) is 64.8 Å². The van der Waals surface area contributed by atoms with E-state index in [9.17, 15) is 9.90 Å². The van der Waals surface area contributed by atoms with Crippen molar-refractivity contribution in [3.05, 3.63) is 64.5 Å². The first-order valence-corrected chi connectivity index (χ1v) is 12.8. The number of carbonyl (C=O) groups excluding carboxylic acids is 1. The molecule has 4 rings (SSSR count). The standard InChI is InChI=1S/C28H35ClN4O2/c1-5-25(29)31-17-18(2)15-19-16-21-26(27-20(19)9-8-13-30-27)23(12-14-32(3)4)33(28(21)35)22-10-6-7-11-24(22)34/h5,8-9,13,16-17,22-24,34H,2,6-7,10-12,14-15H2,1,3-4H3. The lowest BCUT2D eigenvalue weighted by atomic mass is 9.89. The number of hydrogen-bond acceptors (Lipinski definition) is 5. The molecule has 0 saturated heterocycles. The molecule has 2 heterocycles. The van der Waals surface area contributed by atoms with Crippen LogP contribution < -0.4 is 0 Å². The van der Waals surface area contributed by atoms with E-state index in [1.807, 2.05) is 38.1 Å². The van der Waals surface area contributed by atoms with E-state index in [-0.39, 0.29) is 18.0 Å². The van der Waals surface area contributed by atoms with Crippen LogP contribution in [0.25, 0.3) is 10.9 Å². The summed E-state index contributed by atoms with van der Waals surface area (Å²) in [5, 5.41) is 12.3. The maximum atomic E-state index is 13.9. The smallest absolute Gasteiger partial charge is 0.255 e. The Kier molecular flexibility index (Phi) is 8.05. The van der Waals surface area contributed by atoms with Gasteiger partial charge < -0.3 is 14.9 Å². The van der Waals surface area contributed by atoms with Gasteiger partial charge in [-0.15, -0.1) is 0 Å². The van der Waals surface area contributed by atoms with Crippen molar-refractivity contribution < 1.29 is 9.90 Å². The minimum atomic E-state index is -0.491. The first-order chi connectivity index (χ1) is 16.8. The molecule has 35 heavy (non-hydrogen) atoms. The van der Waals surface area contributed by atoms with E-state index in [2.05, 4.69) is 22.5 Å². The normalized spacial score (nSPS) is 23.0. The van der Waals surface area contributed by atoms with E-state index in [0.717, 1.165) is 66.3 Å². The maximum Gasteiger partial charge on any atom is 0.255 e. The first kappa shape index (κ1) is 25.5. The van der Waals surface area contributed by atoms with Crippen LogP contribution in [0.3, 0.4) is 0 Å². The molecule has 2 aromatic rings. The number of hydrogen-bond donors (Lipinski definition) is 1. The zero-order valence-electron chi connectivity index (χ0n) is 20.9. The van der Waals surface area contributed by atoms with Crippen LogP contribution in [0.4, 0.5) is 0 Å². The van der Waals surface area contributed by atoms with E-state index < -0.39 is 6.10 Å². The first-order valence-electron chi connectivity index (χ1n) is 12.4. The highest BCUT2D eigenvalue weighted by Crippen LogP contribution is 2.44. The number of aliphatic imine (C=N–C) groups is 1. The van der Waals surface area contributed by atoms with Gasteiger partial charge in [0.15, 0.2) is 0 Å². The number of carbonyl (C=O) groups is 1. The number of fused-ring (bicyclic) bond motifs is 3. The number of nitrogens with zero attached hydrogens (tertiary/aromatic N) is 4. The van der Waals surface area contributed by atoms with Crippen LogP contribution in [0.15, 0.2) is 52.8 Å². The van der Waals surface area contributed by atoms with Crippen molar-refractivity contribution in [1.82, 2.24) is 14.8 Å². The SMILES string of the molecule is C=C(C=NC(Cl)=CC)Cc1cc2c(c3ncccc13)C(CCN(C)C)N(C1CCCCC1O)C2=O. The van der Waals surface area contributed by atoms with Crippen LogP contribution in [0.5, 0.6) is 0 Å². The van der Waals surface area contributed by atoms with Crippen molar-refractivity contribution in [2.24, 2.45) is 4.99 Å². The molecule has 1 saturated carbocycles. The van der Waals surface area contributed by atoms with E-state index >= 15 is 0 Å². The fourth-order valence-corrected chi connectivity index (χ4v) is 5.44. The Bertz CT molecular complexity index is 1170. The Labute approximate surface area is 213 Å². The maximum absolute atomic E-state index is 13.9. The van der Waals surface area contributed by atoms with Gasteiger partial charge in [-0.3, -0.25) is 9.78 Å². The van der Waals surface area contributed by atoms with Gasteiger partial charge in [-0.05, 0) is 76.5 Å². The molecule has 0 spiro atoms. The lowest BCUT2D eigenvalue weighted by Gasteiger charge is -2.39. The average Bonchev–Trinajstić information content (AvgIpc) is 3.13. The Balaban J connectivity index is 1.79. The highest BCUT2D eigenvalue weighted by molar-refractivity contribution is 6.29. The van der Waals surface area contributed by atoms with Gasteiger partial charge in [0.05, 0.1) is 23.7 Å². The molecular formula is C28H35ClN4O2. The molecule has 1 fully saturated rings. The topological polar surface area (TPSA) is 69.0 Å². The molecule has 1 aromatic carbocycles. The summed E-state index contributed by atoms with van der Waals surface area (Å²) in [5.74, 6) is -0.000232. The third-order valence-electron chi connectivity index (χ3n) is 7.08. The van der Waals surface area contributed by atoms with Gasteiger partial charge >= 0.3 is 0 Å². The lowest BCUT2D eigenvalue weighted by Crippen LogP contribution is -2.47. The minimum Gasteiger partial charge on any atom is -0.391 e. The molecule has 3 unspecified atom stereocenters. The van der Waals surface area contributed by atoms with Gasteiger partial charge in [0, 0.05) is 28.9 Å². The zero-order valence-corrected chi connectivity index (χ0v) is 21.6. The second kappa shape index (κ2) is 11.0. The number of aromatic nitrogens is 1. The predicted molar refractivity (Wildman–Crippen MR) is 143 cm³/mol. The number of amides is 1. The molecular weight excluding hydrogens is 460 g/mol. The molecule has 3 atom stereocenters. The summed E-state index contributed by atoms with van der Waals surface area (Å²) in [4.78, 5) is 27.0. The largest absolute Gasteiger partial charge is 0.391 e. The van der Waals surface area contributed by atoms with Gasteiger partial charge in [-0.25, -0.2) is 4.99 Å². The summed E-state index contributed by atoms with van der Waals surface area (Å²) < 4.78 is 0. The fourth-order valence-electron chi connectivity index (χ4n) is 5.40. The second-order valence-corrected chi connectivity index (χ2v) is 10.2. The van der Waals surface area contributed by atoms with Crippen molar-refractivity contribution in [1.29, 1.82) is 0 Å². The lowest BCUT2D eigenvalue weighted by molar-refractivity contribution is 0.00518. The van der Waals surface area contributed by atoms with Crippen molar-refractivity contribution in [3.8, 4) is 0 Å². The summed E-state index contributed by atoms with van der Waals surface area (Å²) in [6.45, 7) is 6.82. The summed E-state index contributed by atoms with van der Waals surface area (Å²) in [7, 11) is 4.09. The number of benzene rings is 1. The van der Waals surface area contributed by atoms with Crippen molar-refractivity contribution >= 4 is 34.6 Å². The molecule has 2 aliphatic rings. The highest BCUT2D eigenvalue weighted by atomic mass is 35.5. The molecule has 186 valence electrons. The van der Waals surface area contributed by atoms with Crippen molar-refractivity contribution in [2.75, 3.05) is 20.6 Å². The van der Waals surface area contributed by atoms with Crippen molar-refractivity contribution in [3.63, 3.8) is 0 Å². The third-order valence-corrected chi connectivity index (χ3v) is 7.39. The van der Waals surface area contributed by atoms with Crippen LogP contribution in [0.1, 0.15) is 66.6 Å². The molecule has 1 aliphatic heterocycles. The number of allylic oxidation sites excluding steroid dienone is 2. The molecule has 1 aromatic heterocycles. The number of aliphatic hydroxyl groups is 1. The number of rotatable bonds is 8. The molecule has 0 radical (unpaired) electrons. The Morgan fingerprint density at radius 3 is 2.86 bits per heavy atom. The third kappa shape index (κ3) is 5.35. The van der Waals surface area contributed by atoms with Crippen LogP contribution >= 0.6 is 11.6 Å². The van der Waals surface area contributed by atoms with Gasteiger partial charge in [0.25, 0.3) is 5.91 Å². The van der Waals surface area contributed by atoms with Gasteiger partial charge in [-0.1, -0.05) is 43.2 Å². The minimum absolute atomic E-state index is 0.000232. The fraction of sp³-hybridized carbons (Fsp3) is 0.464. The predicted octanol–water partition coefficient (Wildman–Crippen LogP) is 5.26. The summed E-state index contributed by atoms with van der Waals surface area (Å²) >= 11 is 6.01. The number of pyridine rings is 1. The van der Waals surface area contributed by atoms with Gasteiger partial charge in [0.2, 0.25) is 0 Å². The molecule has 1 aliphatic carbocycles. The molecule has 1 N–H and O–H groups in total. The van der Waals surface area contributed by atoms with Gasteiger partial charge in [-0.2, -0.15) is 0 Å². The monoisotopic (exact) mass is 494 g/mol. The quantitative estimate of drug-likeness (QED) is 0.401. The number of aliphatic hydroxyl groups excluding tert-OH is 1. The Morgan fingerprint density at radius 2 is 2.14 bits per heavy atom. The van der Waals surface area contributed by atoms with Crippen LogP contribution in [0, 0.1) is 0 Å². The highest BCUT2D eigenvalue weighted by Gasteiger charge is 2.44. The van der Waals surface area contributed by atoms with E-state index in [0.29, 0.717) is 17.1 Å². The zero-order chi connectivity index (χ0) is 25.1. The molecule has 1 amide bonds. The van der Waals surface area contributed by atoms with Crippen molar-refractivity contribution in [2.45, 2.75) is 63.6 Å². The second-order valence-electron chi connectivity index (χ2n) is 9.84. The van der Waals surface area contributed by atoms with Gasteiger partial charge in [0.1, 0.15) is 5.16 Å². The molecule has 0 bridgehead atoms. The number of halogens is 1. The van der Waals surface area contributed by atoms with E-state index in [1.54, 1.807) is 18.5 Å². The molecule has 6 nitrogen and oxygen atoms in total. The Morgan fingerprint density at radius 1 is 1.37 bits per heavy atom. The summed E-state index contributed by atoms with van der Waals surface area (Å²) in [6.07, 6.45) is 9.63. The summed E-state index contributed by atoms with van der Waals surface area (Å²) in [6, 6.07) is 5.73. The average molecular weight is 495 g/mol. The molecule has 7 heteroatoms. The van der Waals surface area contributed by atoms with Crippen LogP contribution in [-0.2, 0) is 6.42 Å². The Hall–Kier alpha value is -2.54. The summed E-state index contributed by atoms with van der Waals surface area (Å²) in [5.41, 5.74) is 4.34. The van der Waals surface area contributed by atoms with E-state index in [1.165, 1.54) is 0 Å².